The van der Waals surface area contributed by atoms with Crippen molar-refractivity contribution in [2.45, 2.75) is 31.7 Å². The third-order valence-corrected chi connectivity index (χ3v) is 5.35. The van der Waals surface area contributed by atoms with E-state index in [0.29, 0.717) is 21.7 Å². The number of benzene rings is 1. The van der Waals surface area contributed by atoms with Crippen molar-refractivity contribution in [1.29, 1.82) is 0 Å². The molecule has 0 saturated heterocycles. The molecule has 28 heavy (non-hydrogen) atoms. The average Bonchev–Trinajstić information content (AvgIpc) is 3.02. The van der Waals surface area contributed by atoms with Gasteiger partial charge in [-0.15, -0.1) is 0 Å². The maximum absolute atomic E-state index is 13.6. The first-order valence-corrected chi connectivity index (χ1v) is 9.94. The molecule has 1 aromatic heterocycles. The van der Waals surface area contributed by atoms with Gasteiger partial charge < -0.3 is 16.4 Å². The number of halogens is 2. The van der Waals surface area contributed by atoms with Gasteiger partial charge >= 0.3 is 0 Å². The highest BCUT2D eigenvalue weighted by Gasteiger charge is 2.25. The van der Waals surface area contributed by atoms with E-state index >= 15 is 0 Å². The Balaban J connectivity index is 1.47. The molecule has 144 valence electrons. The number of amides is 1. The van der Waals surface area contributed by atoms with Crippen LogP contribution in [0.5, 0.6) is 0 Å². The summed E-state index contributed by atoms with van der Waals surface area (Å²) in [5.74, 6) is -0.260. The van der Waals surface area contributed by atoms with E-state index in [-0.39, 0.29) is 23.5 Å². The van der Waals surface area contributed by atoms with Crippen molar-refractivity contribution in [2.24, 2.45) is 0 Å². The van der Waals surface area contributed by atoms with Crippen LogP contribution in [0.4, 0.5) is 21.6 Å². The minimum absolute atomic E-state index is 0.0825. The Morgan fingerprint density at radius 2 is 2.07 bits per heavy atom. The molecule has 1 amide bonds. The molecule has 2 aliphatic carbocycles. The topological polar surface area (TPSA) is 80.0 Å². The van der Waals surface area contributed by atoms with Gasteiger partial charge in [0.1, 0.15) is 17.3 Å². The Labute approximate surface area is 171 Å². The highest BCUT2D eigenvalue weighted by atomic mass is 79.9. The Bertz CT molecular complexity index is 982. The molecule has 0 aliphatic heterocycles. The van der Waals surface area contributed by atoms with E-state index in [1.165, 1.54) is 23.3 Å². The molecule has 1 atom stereocenters. The largest absolute Gasteiger partial charge is 0.399 e. The molecule has 1 unspecified atom stereocenters. The van der Waals surface area contributed by atoms with Gasteiger partial charge in [-0.05, 0) is 55.5 Å². The maximum atomic E-state index is 13.6. The predicted molar refractivity (Wildman–Crippen MR) is 112 cm³/mol. The lowest BCUT2D eigenvalue weighted by Crippen LogP contribution is -2.34. The quantitative estimate of drug-likeness (QED) is 0.632. The molecule has 0 spiro atoms. The maximum Gasteiger partial charge on any atom is 0.270 e. The van der Waals surface area contributed by atoms with Gasteiger partial charge in [-0.25, -0.2) is 9.37 Å². The zero-order chi connectivity index (χ0) is 19.7. The summed E-state index contributed by atoms with van der Waals surface area (Å²) >= 11 is 3.26. The Hall–Kier alpha value is -2.67. The number of hydrogen-bond acceptors (Lipinski definition) is 4. The number of hydrogen-bond donors (Lipinski definition) is 3. The predicted octanol–water partition coefficient (Wildman–Crippen LogP) is 4.85. The second-order valence-electron chi connectivity index (χ2n) is 7.10. The summed E-state index contributed by atoms with van der Waals surface area (Å²) in [5.41, 5.74) is 9.89. The summed E-state index contributed by atoms with van der Waals surface area (Å²) in [7, 11) is 0. The van der Waals surface area contributed by atoms with Gasteiger partial charge in [0.2, 0.25) is 0 Å². The van der Waals surface area contributed by atoms with Crippen molar-refractivity contribution in [1.82, 2.24) is 10.3 Å². The molecular formula is C21H20BrFN4O. The summed E-state index contributed by atoms with van der Waals surface area (Å²) in [4.78, 5) is 17.1. The third kappa shape index (κ3) is 4.25. The fourth-order valence-corrected chi connectivity index (χ4v) is 4.17. The summed E-state index contributed by atoms with van der Waals surface area (Å²) in [6.07, 6.45) is 8.24. The number of nitrogens with one attached hydrogen (secondary N) is 2. The highest BCUT2D eigenvalue weighted by Crippen LogP contribution is 2.33. The second kappa shape index (κ2) is 7.75. The van der Waals surface area contributed by atoms with Crippen LogP contribution >= 0.6 is 15.9 Å². The number of rotatable bonds is 4. The number of pyridine rings is 1. The number of carbonyl (C=O) groups is 1. The Morgan fingerprint density at radius 3 is 2.86 bits per heavy atom. The van der Waals surface area contributed by atoms with Crippen LogP contribution in [0.1, 0.15) is 36.2 Å². The molecule has 0 fully saturated rings. The molecule has 2 aromatic rings. The summed E-state index contributed by atoms with van der Waals surface area (Å²) in [5, 5.41) is 6.06. The van der Waals surface area contributed by atoms with E-state index in [2.05, 4.69) is 43.7 Å². The van der Waals surface area contributed by atoms with Gasteiger partial charge in [0, 0.05) is 28.0 Å². The van der Waals surface area contributed by atoms with E-state index in [1.54, 1.807) is 18.2 Å². The molecule has 0 saturated carbocycles. The number of carbonyl (C=O) groups excluding carboxylic acids is 1. The van der Waals surface area contributed by atoms with Crippen molar-refractivity contribution < 1.29 is 9.18 Å². The first-order valence-electron chi connectivity index (χ1n) is 9.15. The normalized spacial score (nSPS) is 18.1. The van der Waals surface area contributed by atoms with Crippen molar-refractivity contribution in [3.63, 3.8) is 0 Å². The molecule has 7 heteroatoms. The van der Waals surface area contributed by atoms with E-state index in [9.17, 15) is 9.18 Å². The van der Waals surface area contributed by atoms with Crippen LogP contribution in [0.15, 0.2) is 58.1 Å². The first-order chi connectivity index (χ1) is 13.5. The van der Waals surface area contributed by atoms with Gasteiger partial charge in [-0.2, -0.15) is 0 Å². The van der Waals surface area contributed by atoms with Crippen LogP contribution in [-0.2, 0) is 0 Å². The third-order valence-electron chi connectivity index (χ3n) is 4.90. The lowest BCUT2D eigenvalue weighted by molar-refractivity contribution is 0.0933. The lowest BCUT2D eigenvalue weighted by atomic mass is 10.0. The molecule has 2 aliphatic rings. The molecule has 0 bridgehead atoms. The number of nitrogen functional groups attached to an aromatic ring is 1. The number of allylic oxidation sites excluding steroid dienone is 2. The lowest BCUT2D eigenvalue weighted by Gasteiger charge is -2.14. The number of anilines is 3. The van der Waals surface area contributed by atoms with Crippen LogP contribution in [0.2, 0.25) is 0 Å². The summed E-state index contributed by atoms with van der Waals surface area (Å²) < 4.78 is 14.2. The van der Waals surface area contributed by atoms with E-state index in [4.69, 9.17) is 5.73 Å². The molecule has 5 nitrogen and oxygen atoms in total. The fourth-order valence-electron chi connectivity index (χ4n) is 3.71. The van der Waals surface area contributed by atoms with Crippen LogP contribution in [-0.4, -0.2) is 16.9 Å². The van der Waals surface area contributed by atoms with Crippen LogP contribution < -0.4 is 16.4 Å². The number of aromatic nitrogens is 1. The van der Waals surface area contributed by atoms with Crippen molar-refractivity contribution in [3.8, 4) is 0 Å². The van der Waals surface area contributed by atoms with Gasteiger partial charge in [-0.3, -0.25) is 4.79 Å². The Kier molecular flexibility index (Phi) is 5.17. The highest BCUT2D eigenvalue weighted by molar-refractivity contribution is 9.10. The minimum atomic E-state index is -0.384. The number of nitrogens with zero attached hydrogens (tertiary/aromatic N) is 1. The van der Waals surface area contributed by atoms with Crippen LogP contribution in [0.25, 0.3) is 0 Å². The van der Waals surface area contributed by atoms with E-state index < -0.39 is 0 Å². The molecule has 4 N–H and O–H groups in total. The van der Waals surface area contributed by atoms with Crippen LogP contribution in [0.3, 0.4) is 0 Å². The van der Waals surface area contributed by atoms with Crippen molar-refractivity contribution in [3.05, 3.63) is 69.6 Å². The van der Waals surface area contributed by atoms with Gasteiger partial charge in [0.15, 0.2) is 0 Å². The summed E-state index contributed by atoms with van der Waals surface area (Å²) in [6.45, 7) is 0. The van der Waals surface area contributed by atoms with Crippen molar-refractivity contribution >= 4 is 39.0 Å². The summed E-state index contributed by atoms with van der Waals surface area (Å²) in [6, 6.07) is 7.66. The van der Waals surface area contributed by atoms with Gasteiger partial charge in [-0.1, -0.05) is 33.7 Å². The van der Waals surface area contributed by atoms with Gasteiger partial charge in [0.05, 0.1) is 0 Å². The standard InChI is InChI=1S/C21H20BrFN4O/c22-14-7-15(23)9-18(8-14)25-20-11-16(24)10-19(27-20)21(28)26-17-5-12-3-1-2-4-13(12)6-17/h1,3,7-11,17H,2,4-6H2,(H,26,28)(H3,24,25,27). The van der Waals surface area contributed by atoms with E-state index in [0.717, 1.165) is 25.7 Å². The molecular weight excluding hydrogens is 423 g/mol. The second-order valence-corrected chi connectivity index (χ2v) is 8.02. The van der Waals surface area contributed by atoms with E-state index in [1.807, 2.05) is 0 Å². The van der Waals surface area contributed by atoms with Crippen molar-refractivity contribution in [2.75, 3.05) is 11.1 Å². The molecule has 1 heterocycles. The monoisotopic (exact) mass is 442 g/mol. The van der Waals surface area contributed by atoms with Crippen LogP contribution in [0, 0.1) is 5.82 Å². The zero-order valence-corrected chi connectivity index (χ0v) is 16.7. The average molecular weight is 443 g/mol. The molecule has 0 radical (unpaired) electrons. The van der Waals surface area contributed by atoms with Gasteiger partial charge in [0.25, 0.3) is 5.91 Å². The minimum Gasteiger partial charge on any atom is -0.399 e. The Morgan fingerprint density at radius 1 is 1.21 bits per heavy atom. The smallest absolute Gasteiger partial charge is 0.270 e. The first kappa shape index (κ1) is 18.7. The molecule has 1 aromatic carbocycles. The zero-order valence-electron chi connectivity index (χ0n) is 15.1. The fraction of sp³-hybridized carbons (Fsp3) is 0.238. The molecule has 4 rings (SSSR count). The SMILES string of the molecule is Nc1cc(Nc2cc(F)cc(Br)c2)nc(C(=O)NC2CC3=C(CCC=C3)C2)c1. The number of nitrogens with two attached hydrogens (primary N) is 1.